The van der Waals surface area contributed by atoms with E-state index in [0.29, 0.717) is 6.54 Å². The van der Waals surface area contributed by atoms with Gasteiger partial charge in [-0.15, -0.1) is 6.58 Å². The fraction of sp³-hybridized carbons (Fsp3) is 0.286. The van der Waals surface area contributed by atoms with Crippen molar-refractivity contribution < 1.29 is 4.79 Å². The monoisotopic (exact) mass is 169 g/mol. The van der Waals surface area contributed by atoms with Gasteiger partial charge in [-0.2, -0.15) is 4.41 Å². The number of carbonyl (C=O) groups excluding carboxylic acids is 1. The number of hydrogen-bond acceptors (Lipinski definition) is 3. The second kappa shape index (κ2) is 4.20. The summed E-state index contributed by atoms with van der Waals surface area (Å²) in [7, 11) is 0. The molecule has 0 fully saturated rings. The second-order valence-electron chi connectivity index (χ2n) is 1.97. The van der Waals surface area contributed by atoms with Gasteiger partial charge in [0.25, 0.3) is 0 Å². The first kappa shape index (κ1) is 8.36. The van der Waals surface area contributed by atoms with Crippen LogP contribution in [0.1, 0.15) is 0 Å². The Labute approximate surface area is 70.5 Å². The minimum Gasteiger partial charge on any atom is -0.262 e. The molecular weight excluding hydrogens is 160 g/mol. The van der Waals surface area contributed by atoms with E-state index >= 15 is 0 Å². The molecule has 0 bridgehead atoms. The third-order valence-corrected chi connectivity index (χ3v) is 2.12. The molecule has 0 N–H and O–H groups in total. The molecule has 0 aromatic carbocycles. The van der Waals surface area contributed by atoms with Crippen LogP contribution in [-0.4, -0.2) is 28.9 Å². The van der Waals surface area contributed by atoms with Crippen LogP contribution >= 0.6 is 11.9 Å². The predicted molar refractivity (Wildman–Crippen MR) is 46.0 cm³/mol. The van der Waals surface area contributed by atoms with Gasteiger partial charge in [0, 0.05) is 6.54 Å². The topological polar surface area (TPSA) is 23.6 Å². The summed E-state index contributed by atoms with van der Waals surface area (Å²) in [6, 6.07) is 0. The largest absolute Gasteiger partial charge is 0.328 e. The highest BCUT2D eigenvalue weighted by atomic mass is 32.2. The summed E-state index contributed by atoms with van der Waals surface area (Å²) in [5, 5.41) is 3.39. The highest BCUT2D eigenvalue weighted by Gasteiger charge is 2.14. The van der Waals surface area contributed by atoms with E-state index in [4.69, 9.17) is 0 Å². The van der Waals surface area contributed by atoms with Gasteiger partial charge in [-0.1, -0.05) is 12.2 Å². The maximum absolute atomic E-state index is 10.4. The fourth-order valence-corrected chi connectivity index (χ4v) is 1.44. The molecule has 0 spiro atoms. The normalized spacial score (nSPS) is 16.7. The van der Waals surface area contributed by atoms with Gasteiger partial charge >= 0.3 is 6.41 Å². The molecule has 59 valence electrons. The number of amides is 1. The van der Waals surface area contributed by atoms with E-state index in [2.05, 4.69) is 6.58 Å². The van der Waals surface area contributed by atoms with Crippen molar-refractivity contribution in [2.75, 3.05) is 13.1 Å². The van der Waals surface area contributed by atoms with Gasteiger partial charge in [0.2, 0.25) is 0 Å². The minimum atomic E-state index is 0.512. The summed E-state index contributed by atoms with van der Waals surface area (Å²) in [5.74, 6) is 0. The number of hydrogen-bond donors (Lipinski definition) is 0. The molecule has 0 atom stereocenters. The molecule has 1 aliphatic rings. The van der Waals surface area contributed by atoms with E-state index in [0.717, 1.165) is 6.54 Å². The van der Waals surface area contributed by atoms with E-state index in [1.165, 1.54) is 17.0 Å². The number of hydrazine groups is 1. The van der Waals surface area contributed by atoms with E-state index in [-0.39, 0.29) is 0 Å². The molecule has 1 rings (SSSR count). The first-order valence-corrected chi connectivity index (χ1v) is 4.07. The molecule has 1 aliphatic heterocycles. The van der Waals surface area contributed by atoms with Crippen LogP contribution in [0.4, 0.5) is 0 Å². The van der Waals surface area contributed by atoms with Crippen molar-refractivity contribution in [2.24, 2.45) is 0 Å². The zero-order valence-corrected chi connectivity index (χ0v) is 6.88. The minimum absolute atomic E-state index is 0.512. The smallest absolute Gasteiger partial charge is 0.262 e. The van der Waals surface area contributed by atoms with Crippen molar-refractivity contribution in [3.63, 3.8) is 0 Å². The summed E-state index contributed by atoms with van der Waals surface area (Å²) in [6.07, 6.45) is 5.48. The van der Waals surface area contributed by atoms with Crippen molar-refractivity contribution in [2.45, 2.75) is 0 Å². The van der Waals surface area contributed by atoms with Crippen LogP contribution in [0.3, 0.4) is 0 Å². The SMILES string of the molecule is C=CCN([C]=O)N1CC=CS1. The van der Waals surface area contributed by atoms with E-state index < -0.39 is 0 Å². The van der Waals surface area contributed by atoms with E-state index in [1.54, 1.807) is 6.08 Å². The molecule has 1 heterocycles. The van der Waals surface area contributed by atoms with E-state index in [1.807, 2.05) is 22.3 Å². The van der Waals surface area contributed by atoms with Crippen LogP contribution in [0.5, 0.6) is 0 Å². The van der Waals surface area contributed by atoms with E-state index in [9.17, 15) is 4.79 Å². The summed E-state index contributed by atoms with van der Waals surface area (Å²) in [6.45, 7) is 4.81. The Balaban J connectivity index is 2.41. The van der Waals surface area contributed by atoms with Gasteiger partial charge in [-0.3, -0.25) is 9.80 Å². The lowest BCUT2D eigenvalue weighted by Crippen LogP contribution is -2.35. The lowest BCUT2D eigenvalue weighted by Gasteiger charge is -2.23. The molecule has 0 aliphatic carbocycles. The number of nitrogens with zero attached hydrogens (tertiary/aromatic N) is 2. The van der Waals surface area contributed by atoms with Gasteiger partial charge < -0.3 is 0 Å². The summed E-state index contributed by atoms with van der Waals surface area (Å²) in [4.78, 5) is 10.4. The predicted octanol–water partition coefficient (Wildman–Crippen LogP) is 0.934. The molecule has 1 radical (unpaired) electrons. The van der Waals surface area contributed by atoms with Gasteiger partial charge in [-0.05, 0) is 17.4 Å². The average Bonchev–Trinajstić information content (AvgIpc) is 2.52. The average molecular weight is 169 g/mol. The maximum atomic E-state index is 10.4. The Morgan fingerprint density at radius 2 is 2.73 bits per heavy atom. The first-order chi connectivity index (χ1) is 5.38. The van der Waals surface area contributed by atoms with Crippen LogP contribution in [-0.2, 0) is 4.79 Å². The number of rotatable bonds is 4. The first-order valence-electron chi connectivity index (χ1n) is 3.24. The Morgan fingerprint density at radius 1 is 1.91 bits per heavy atom. The van der Waals surface area contributed by atoms with Gasteiger partial charge in [0.15, 0.2) is 0 Å². The molecule has 11 heavy (non-hydrogen) atoms. The summed E-state index contributed by atoms with van der Waals surface area (Å²) >= 11 is 1.48. The van der Waals surface area contributed by atoms with Crippen molar-refractivity contribution in [3.05, 3.63) is 24.1 Å². The molecule has 0 aromatic heterocycles. The van der Waals surface area contributed by atoms with Crippen molar-refractivity contribution in [1.29, 1.82) is 0 Å². The van der Waals surface area contributed by atoms with Gasteiger partial charge in [-0.25, -0.2) is 0 Å². The molecule has 0 saturated carbocycles. The fourth-order valence-electron chi connectivity index (χ4n) is 0.741. The quantitative estimate of drug-likeness (QED) is 0.355. The van der Waals surface area contributed by atoms with Crippen LogP contribution < -0.4 is 0 Å². The summed E-state index contributed by atoms with van der Waals surface area (Å²) in [5.41, 5.74) is 0. The Bertz CT molecular complexity index is 173. The third kappa shape index (κ3) is 2.10. The second-order valence-corrected chi connectivity index (χ2v) is 2.88. The third-order valence-electron chi connectivity index (χ3n) is 1.22. The lowest BCUT2D eigenvalue weighted by molar-refractivity contribution is 0.194. The molecule has 0 aromatic rings. The Hall–Kier alpha value is -0.740. The molecule has 4 heteroatoms. The highest BCUT2D eigenvalue weighted by Crippen LogP contribution is 2.19. The van der Waals surface area contributed by atoms with Gasteiger partial charge in [0.1, 0.15) is 0 Å². The van der Waals surface area contributed by atoms with Crippen molar-refractivity contribution in [3.8, 4) is 0 Å². The molecule has 0 unspecified atom stereocenters. The maximum Gasteiger partial charge on any atom is 0.328 e. The Kier molecular flexibility index (Phi) is 3.19. The van der Waals surface area contributed by atoms with Crippen LogP contribution in [0.15, 0.2) is 24.1 Å². The van der Waals surface area contributed by atoms with Crippen LogP contribution in [0.2, 0.25) is 0 Å². The lowest BCUT2D eigenvalue weighted by atomic mass is 10.6. The van der Waals surface area contributed by atoms with Crippen molar-refractivity contribution >= 4 is 18.4 Å². The summed E-state index contributed by atoms with van der Waals surface area (Å²) < 4.78 is 1.81. The standard InChI is InChI=1S/C7H9N2OS/c1-2-4-8(7-10)9-5-3-6-11-9/h2-3,6H,1,4-5H2. The van der Waals surface area contributed by atoms with Crippen LogP contribution in [0.25, 0.3) is 0 Å². The van der Waals surface area contributed by atoms with Gasteiger partial charge in [0.05, 0.1) is 6.54 Å². The Morgan fingerprint density at radius 3 is 3.18 bits per heavy atom. The zero-order chi connectivity index (χ0) is 8.10. The molecular formula is C7H9N2OS. The van der Waals surface area contributed by atoms with Crippen LogP contribution in [0, 0.1) is 0 Å². The zero-order valence-electron chi connectivity index (χ0n) is 6.06. The molecule has 1 amide bonds. The molecule has 3 nitrogen and oxygen atoms in total. The van der Waals surface area contributed by atoms with Crippen molar-refractivity contribution in [1.82, 2.24) is 9.42 Å². The highest BCUT2D eigenvalue weighted by molar-refractivity contribution is 8.00. The molecule has 0 saturated heterocycles.